The number of phenols is 1. The summed E-state index contributed by atoms with van der Waals surface area (Å²) in [6, 6.07) is 26.1. The number of carboxylic acid groups (broad SMARTS) is 1. The van der Waals surface area contributed by atoms with Gasteiger partial charge in [0.2, 0.25) is 0 Å². The molecule has 1 aromatic heterocycles. The second-order valence-electron chi connectivity index (χ2n) is 7.18. The van der Waals surface area contributed by atoms with Gasteiger partial charge in [0.05, 0.1) is 23.1 Å². The fourth-order valence-corrected chi connectivity index (χ4v) is 3.87. The maximum Gasteiger partial charge on any atom is 0.335 e. The Hall–Kier alpha value is -4.12. The lowest BCUT2D eigenvalue weighted by molar-refractivity contribution is 0.0697. The SMILES string of the molecule is O=C(O)c1ccc(-c2nc3ccccc3n2Cc2ccc(O)c3ccccc23)cc1. The molecule has 2 N–H and O–H groups in total. The van der Waals surface area contributed by atoms with Crippen molar-refractivity contribution in [3.63, 3.8) is 0 Å². The molecule has 0 atom stereocenters. The largest absolute Gasteiger partial charge is 0.507 e. The van der Waals surface area contributed by atoms with E-state index in [2.05, 4.69) is 4.57 Å². The number of nitrogens with zero attached hydrogens (tertiary/aromatic N) is 2. The Morgan fingerprint density at radius 2 is 1.53 bits per heavy atom. The smallest absolute Gasteiger partial charge is 0.335 e. The summed E-state index contributed by atoms with van der Waals surface area (Å²) in [4.78, 5) is 16.0. The van der Waals surface area contributed by atoms with Crippen molar-refractivity contribution >= 4 is 27.8 Å². The molecule has 0 aliphatic carbocycles. The van der Waals surface area contributed by atoms with E-state index >= 15 is 0 Å². The van der Waals surface area contributed by atoms with Crippen LogP contribution in [0.15, 0.2) is 84.9 Å². The maximum absolute atomic E-state index is 11.2. The number of aromatic hydroxyl groups is 1. The number of aromatic nitrogens is 2. The van der Waals surface area contributed by atoms with Gasteiger partial charge in [0.15, 0.2) is 0 Å². The molecule has 0 saturated heterocycles. The number of imidazole rings is 1. The third-order valence-electron chi connectivity index (χ3n) is 5.36. The summed E-state index contributed by atoms with van der Waals surface area (Å²) < 4.78 is 2.13. The minimum atomic E-state index is -0.953. The van der Waals surface area contributed by atoms with E-state index in [0.29, 0.717) is 6.54 Å². The summed E-state index contributed by atoms with van der Waals surface area (Å²) in [5.41, 5.74) is 4.02. The molecule has 146 valence electrons. The Labute approximate surface area is 172 Å². The van der Waals surface area contributed by atoms with Crippen LogP contribution in [0, 0.1) is 0 Å². The molecule has 4 aromatic carbocycles. The first-order valence-corrected chi connectivity index (χ1v) is 9.60. The van der Waals surface area contributed by atoms with Gasteiger partial charge >= 0.3 is 5.97 Å². The van der Waals surface area contributed by atoms with E-state index in [4.69, 9.17) is 4.98 Å². The molecule has 0 fully saturated rings. The number of carboxylic acids is 1. The molecular weight excluding hydrogens is 376 g/mol. The van der Waals surface area contributed by atoms with Crippen LogP contribution < -0.4 is 0 Å². The van der Waals surface area contributed by atoms with E-state index < -0.39 is 5.97 Å². The van der Waals surface area contributed by atoms with Gasteiger partial charge in [-0.25, -0.2) is 9.78 Å². The van der Waals surface area contributed by atoms with Gasteiger partial charge in [0.1, 0.15) is 11.6 Å². The molecule has 5 nitrogen and oxygen atoms in total. The second kappa shape index (κ2) is 7.04. The Morgan fingerprint density at radius 1 is 0.833 bits per heavy atom. The molecule has 0 bridgehead atoms. The third-order valence-corrected chi connectivity index (χ3v) is 5.36. The van der Waals surface area contributed by atoms with Crippen molar-refractivity contribution in [1.82, 2.24) is 9.55 Å². The molecule has 5 rings (SSSR count). The van der Waals surface area contributed by atoms with Gasteiger partial charge in [-0.15, -0.1) is 0 Å². The Balaban J connectivity index is 1.69. The molecule has 30 heavy (non-hydrogen) atoms. The molecular formula is C25H18N2O3. The highest BCUT2D eigenvalue weighted by Crippen LogP contribution is 2.31. The van der Waals surface area contributed by atoms with E-state index in [1.54, 1.807) is 30.3 Å². The van der Waals surface area contributed by atoms with Crippen LogP contribution >= 0.6 is 0 Å². The van der Waals surface area contributed by atoms with Gasteiger partial charge in [-0.2, -0.15) is 0 Å². The Kier molecular flexibility index (Phi) is 4.21. The van der Waals surface area contributed by atoms with Crippen molar-refractivity contribution < 1.29 is 15.0 Å². The summed E-state index contributed by atoms with van der Waals surface area (Å²) in [5, 5.41) is 21.2. The first kappa shape index (κ1) is 17.9. The first-order chi connectivity index (χ1) is 14.6. The van der Waals surface area contributed by atoms with Crippen molar-refractivity contribution in [2.24, 2.45) is 0 Å². The maximum atomic E-state index is 11.2. The minimum absolute atomic E-state index is 0.242. The molecule has 0 aliphatic heterocycles. The van der Waals surface area contributed by atoms with Crippen LogP contribution in [0.4, 0.5) is 0 Å². The Morgan fingerprint density at radius 3 is 2.30 bits per heavy atom. The first-order valence-electron chi connectivity index (χ1n) is 9.60. The molecule has 0 unspecified atom stereocenters. The predicted octanol–water partition coefficient (Wildman–Crippen LogP) is 5.31. The van der Waals surface area contributed by atoms with Crippen LogP contribution in [0.25, 0.3) is 33.2 Å². The van der Waals surface area contributed by atoms with Gasteiger partial charge < -0.3 is 14.8 Å². The number of rotatable bonds is 4. The molecule has 5 aromatic rings. The second-order valence-corrected chi connectivity index (χ2v) is 7.18. The van der Waals surface area contributed by atoms with Crippen molar-refractivity contribution in [1.29, 1.82) is 0 Å². The highest BCUT2D eigenvalue weighted by molar-refractivity contribution is 5.91. The van der Waals surface area contributed by atoms with Crippen LogP contribution in [0.5, 0.6) is 5.75 Å². The van der Waals surface area contributed by atoms with Gasteiger partial charge in [-0.1, -0.05) is 54.6 Å². The van der Waals surface area contributed by atoms with Crippen molar-refractivity contribution in [3.8, 4) is 17.1 Å². The minimum Gasteiger partial charge on any atom is -0.507 e. The van der Waals surface area contributed by atoms with Crippen LogP contribution in [0.2, 0.25) is 0 Å². The quantitative estimate of drug-likeness (QED) is 0.433. The topological polar surface area (TPSA) is 75.3 Å². The number of phenolic OH excluding ortho intramolecular Hbond substituents is 1. The third kappa shape index (κ3) is 2.97. The van der Waals surface area contributed by atoms with Crippen molar-refractivity contribution in [3.05, 3.63) is 96.1 Å². The molecule has 0 amide bonds. The average Bonchev–Trinajstić information content (AvgIpc) is 3.14. The van der Waals surface area contributed by atoms with Gasteiger partial charge in [0.25, 0.3) is 0 Å². The summed E-state index contributed by atoms with van der Waals surface area (Å²) in [6.45, 7) is 0.567. The lowest BCUT2D eigenvalue weighted by atomic mass is 10.0. The van der Waals surface area contributed by atoms with E-state index in [1.165, 1.54) is 0 Å². The zero-order valence-electron chi connectivity index (χ0n) is 16.0. The molecule has 0 spiro atoms. The molecule has 1 heterocycles. The van der Waals surface area contributed by atoms with Crippen LogP contribution in [0.1, 0.15) is 15.9 Å². The molecule has 0 radical (unpaired) electrons. The molecule has 0 saturated carbocycles. The summed E-state index contributed by atoms with van der Waals surface area (Å²) in [6.07, 6.45) is 0. The highest BCUT2D eigenvalue weighted by Gasteiger charge is 2.15. The normalized spacial score (nSPS) is 11.2. The zero-order valence-corrected chi connectivity index (χ0v) is 16.0. The Bertz CT molecular complexity index is 1400. The van der Waals surface area contributed by atoms with E-state index in [-0.39, 0.29) is 11.3 Å². The average molecular weight is 394 g/mol. The van der Waals surface area contributed by atoms with Crippen LogP contribution in [0.3, 0.4) is 0 Å². The summed E-state index contributed by atoms with van der Waals surface area (Å²) in [5.74, 6) is 0.0743. The van der Waals surface area contributed by atoms with Crippen molar-refractivity contribution in [2.75, 3.05) is 0 Å². The van der Waals surface area contributed by atoms with Gasteiger partial charge in [-0.05, 0) is 41.3 Å². The summed E-state index contributed by atoms with van der Waals surface area (Å²) >= 11 is 0. The standard InChI is InChI=1S/C25H18N2O3/c28-23-14-13-18(19-5-1-2-6-20(19)23)15-27-22-8-4-3-7-21(22)26-24(27)16-9-11-17(12-10-16)25(29)30/h1-14,28H,15H2,(H,29,30). The fraction of sp³-hybridized carbons (Fsp3) is 0.0400. The number of aromatic carboxylic acids is 1. The zero-order chi connectivity index (χ0) is 20.7. The number of benzene rings is 4. The summed E-state index contributed by atoms with van der Waals surface area (Å²) in [7, 11) is 0. The molecule has 0 aliphatic rings. The monoisotopic (exact) mass is 394 g/mol. The number of hydrogen-bond acceptors (Lipinski definition) is 3. The number of hydrogen-bond donors (Lipinski definition) is 2. The lowest BCUT2D eigenvalue weighted by Crippen LogP contribution is -2.03. The van der Waals surface area contributed by atoms with Gasteiger partial charge in [-0.3, -0.25) is 0 Å². The van der Waals surface area contributed by atoms with E-state index in [9.17, 15) is 15.0 Å². The lowest BCUT2D eigenvalue weighted by Gasteiger charge is -2.13. The van der Waals surface area contributed by atoms with Gasteiger partial charge in [0, 0.05) is 10.9 Å². The van der Waals surface area contributed by atoms with Crippen LogP contribution in [-0.4, -0.2) is 25.7 Å². The van der Waals surface area contributed by atoms with E-state index in [1.807, 2.05) is 54.6 Å². The predicted molar refractivity (Wildman–Crippen MR) is 117 cm³/mol. The number of para-hydroxylation sites is 2. The number of fused-ring (bicyclic) bond motifs is 2. The number of carbonyl (C=O) groups is 1. The van der Waals surface area contributed by atoms with E-state index in [0.717, 1.165) is 38.8 Å². The van der Waals surface area contributed by atoms with Crippen molar-refractivity contribution in [2.45, 2.75) is 6.54 Å². The highest BCUT2D eigenvalue weighted by atomic mass is 16.4. The fourth-order valence-electron chi connectivity index (χ4n) is 3.87. The molecule has 5 heteroatoms. The van der Waals surface area contributed by atoms with Crippen LogP contribution in [-0.2, 0) is 6.54 Å².